The number of aromatic nitrogens is 1. The second-order valence-electron chi connectivity index (χ2n) is 6.32. The van der Waals surface area contributed by atoms with E-state index in [0.717, 1.165) is 24.3 Å². The Hall–Kier alpha value is -2.89. The van der Waals surface area contributed by atoms with E-state index in [1.54, 1.807) is 6.07 Å². The SMILES string of the molecule is Nc1nc2oc3ccc(CCC4CC4)cc3c(=O)c2cc1C(=O)O. The van der Waals surface area contributed by atoms with Gasteiger partial charge in [-0.15, -0.1) is 0 Å². The van der Waals surface area contributed by atoms with Crippen molar-refractivity contribution in [3.63, 3.8) is 0 Å². The Morgan fingerprint density at radius 1 is 1.29 bits per heavy atom. The molecule has 0 saturated heterocycles. The number of nitrogen functional groups attached to an aromatic ring is 1. The zero-order valence-electron chi connectivity index (χ0n) is 12.9. The first-order valence-electron chi connectivity index (χ1n) is 7.92. The smallest absolute Gasteiger partial charge is 0.339 e. The predicted octanol–water partition coefficient (Wildman–Crippen LogP) is 2.96. The largest absolute Gasteiger partial charge is 0.478 e. The first-order chi connectivity index (χ1) is 11.5. The second kappa shape index (κ2) is 5.33. The summed E-state index contributed by atoms with van der Waals surface area (Å²) in [7, 11) is 0. The number of aromatic carboxylic acids is 1. The van der Waals surface area contributed by atoms with Gasteiger partial charge in [-0.1, -0.05) is 18.9 Å². The first kappa shape index (κ1) is 14.7. The van der Waals surface area contributed by atoms with E-state index < -0.39 is 5.97 Å². The molecule has 0 bridgehead atoms. The fourth-order valence-corrected chi connectivity index (χ4v) is 2.95. The van der Waals surface area contributed by atoms with Crippen molar-refractivity contribution < 1.29 is 14.3 Å². The maximum absolute atomic E-state index is 12.7. The molecule has 0 amide bonds. The Kier molecular flexibility index (Phi) is 3.26. The first-order valence-corrected chi connectivity index (χ1v) is 7.92. The van der Waals surface area contributed by atoms with Crippen LogP contribution < -0.4 is 11.2 Å². The van der Waals surface area contributed by atoms with Gasteiger partial charge in [0.2, 0.25) is 11.1 Å². The quantitative estimate of drug-likeness (QED) is 0.715. The molecular weight excluding hydrogens is 308 g/mol. The minimum Gasteiger partial charge on any atom is -0.478 e. The molecule has 2 aromatic heterocycles. The molecule has 3 aromatic rings. The number of pyridine rings is 1. The third-order valence-electron chi connectivity index (χ3n) is 4.53. The Bertz CT molecular complexity index is 1030. The van der Waals surface area contributed by atoms with Crippen LogP contribution in [-0.2, 0) is 6.42 Å². The lowest BCUT2D eigenvalue weighted by Crippen LogP contribution is -2.09. The number of carbonyl (C=O) groups is 1. The van der Waals surface area contributed by atoms with Crippen LogP contribution in [-0.4, -0.2) is 16.1 Å². The molecule has 1 aromatic carbocycles. The van der Waals surface area contributed by atoms with E-state index in [-0.39, 0.29) is 27.9 Å². The molecule has 1 aliphatic rings. The number of carboxylic acids is 1. The van der Waals surface area contributed by atoms with Gasteiger partial charge in [0.15, 0.2) is 0 Å². The average molecular weight is 324 g/mol. The van der Waals surface area contributed by atoms with Crippen LogP contribution in [0.25, 0.3) is 22.1 Å². The van der Waals surface area contributed by atoms with Gasteiger partial charge in [0.25, 0.3) is 0 Å². The number of nitrogens with zero attached hydrogens (tertiary/aromatic N) is 1. The third kappa shape index (κ3) is 2.50. The average Bonchev–Trinajstić information content (AvgIpc) is 3.37. The van der Waals surface area contributed by atoms with Crippen molar-refractivity contribution in [3.8, 4) is 0 Å². The summed E-state index contributed by atoms with van der Waals surface area (Å²) >= 11 is 0. The number of nitrogens with two attached hydrogens (primary N) is 1. The van der Waals surface area contributed by atoms with Gasteiger partial charge in [0.1, 0.15) is 17.0 Å². The van der Waals surface area contributed by atoms with E-state index in [1.807, 2.05) is 12.1 Å². The summed E-state index contributed by atoms with van der Waals surface area (Å²) in [5.74, 6) is -0.572. The summed E-state index contributed by atoms with van der Waals surface area (Å²) < 4.78 is 5.65. The van der Waals surface area contributed by atoms with Gasteiger partial charge in [-0.3, -0.25) is 4.79 Å². The van der Waals surface area contributed by atoms with Gasteiger partial charge in [-0.05, 0) is 42.5 Å². The summed E-state index contributed by atoms with van der Waals surface area (Å²) in [6.07, 6.45) is 4.65. The van der Waals surface area contributed by atoms with E-state index in [9.17, 15) is 9.59 Å². The fourth-order valence-electron chi connectivity index (χ4n) is 2.95. The number of hydrogen-bond acceptors (Lipinski definition) is 5. The van der Waals surface area contributed by atoms with Crippen molar-refractivity contribution in [2.45, 2.75) is 25.7 Å². The maximum atomic E-state index is 12.7. The number of rotatable bonds is 4. The molecule has 1 saturated carbocycles. The van der Waals surface area contributed by atoms with E-state index in [4.69, 9.17) is 15.3 Å². The van der Waals surface area contributed by atoms with Crippen molar-refractivity contribution in [1.82, 2.24) is 4.98 Å². The van der Waals surface area contributed by atoms with Gasteiger partial charge in [0.05, 0.1) is 10.8 Å². The lowest BCUT2D eigenvalue weighted by Gasteiger charge is -2.06. The summed E-state index contributed by atoms with van der Waals surface area (Å²) in [4.78, 5) is 27.9. The van der Waals surface area contributed by atoms with Crippen LogP contribution in [0.1, 0.15) is 35.2 Å². The van der Waals surface area contributed by atoms with Crippen molar-refractivity contribution in [2.24, 2.45) is 5.92 Å². The molecule has 6 heteroatoms. The molecule has 4 rings (SSSR count). The zero-order valence-corrected chi connectivity index (χ0v) is 12.9. The lowest BCUT2D eigenvalue weighted by molar-refractivity contribution is 0.0698. The van der Waals surface area contributed by atoms with Crippen LogP contribution >= 0.6 is 0 Å². The van der Waals surface area contributed by atoms with E-state index in [2.05, 4.69) is 4.98 Å². The summed E-state index contributed by atoms with van der Waals surface area (Å²) in [6.45, 7) is 0. The van der Waals surface area contributed by atoms with Crippen molar-refractivity contribution in [3.05, 3.63) is 45.6 Å². The molecule has 1 fully saturated rings. The van der Waals surface area contributed by atoms with Crippen molar-refractivity contribution in [1.29, 1.82) is 0 Å². The minimum atomic E-state index is -1.22. The molecular formula is C18H16N2O4. The molecule has 0 spiro atoms. The molecule has 1 aliphatic carbocycles. The molecule has 3 N–H and O–H groups in total. The third-order valence-corrected chi connectivity index (χ3v) is 4.53. The summed E-state index contributed by atoms with van der Waals surface area (Å²) in [5, 5.41) is 9.72. The van der Waals surface area contributed by atoms with Crippen LogP contribution in [0.2, 0.25) is 0 Å². The van der Waals surface area contributed by atoms with E-state index in [1.165, 1.54) is 18.9 Å². The van der Waals surface area contributed by atoms with E-state index >= 15 is 0 Å². The molecule has 0 radical (unpaired) electrons. The minimum absolute atomic E-state index is 0.0562. The Balaban J connectivity index is 1.88. The number of benzene rings is 1. The van der Waals surface area contributed by atoms with E-state index in [0.29, 0.717) is 11.0 Å². The van der Waals surface area contributed by atoms with Crippen molar-refractivity contribution in [2.75, 3.05) is 5.73 Å². The number of carboxylic acid groups (broad SMARTS) is 1. The Morgan fingerprint density at radius 2 is 2.08 bits per heavy atom. The number of aryl methyl sites for hydroxylation is 1. The summed E-state index contributed by atoms with van der Waals surface area (Å²) in [5.41, 5.74) is 6.72. The van der Waals surface area contributed by atoms with Gasteiger partial charge in [-0.2, -0.15) is 4.98 Å². The monoisotopic (exact) mass is 324 g/mol. The second-order valence-corrected chi connectivity index (χ2v) is 6.32. The van der Waals surface area contributed by atoms with Gasteiger partial charge in [0, 0.05) is 0 Å². The van der Waals surface area contributed by atoms with Gasteiger partial charge < -0.3 is 15.3 Å². The Morgan fingerprint density at radius 3 is 2.79 bits per heavy atom. The highest BCUT2D eigenvalue weighted by Gasteiger charge is 2.21. The molecule has 0 atom stereocenters. The molecule has 122 valence electrons. The number of anilines is 1. The lowest BCUT2D eigenvalue weighted by atomic mass is 10.0. The van der Waals surface area contributed by atoms with Crippen LogP contribution in [0, 0.1) is 5.92 Å². The summed E-state index contributed by atoms with van der Waals surface area (Å²) in [6, 6.07) is 6.79. The number of hydrogen-bond donors (Lipinski definition) is 2. The molecule has 2 heterocycles. The fraction of sp³-hybridized carbons (Fsp3) is 0.278. The highest BCUT2D eigenvalue weighted by molar-refractivity contribution is 5.98. The molecule has 0 unspecified atom stereocenters. The molecule has 24 heavy (non-hydrogen) atoms. The van der Waals surface area contributed by atoms with Crippen LogP contribution in [0.3, 0.4) is 0 Å². The molecule has 0 aliphatic heterocycles. The predicted molar refractivity (Wildman–Crippen MR) is 90.2 cm³/mol. The highest BCUT2D eigenvalue weighted by atomic mass is 16.4. The van der Waals surface area contributed by atoms with Gasteiger partial charge in [-0.25, -0.2) is 4.79 Å². The van der Waals surface area contributed by atoms with Crippen LogP contribution in [0.4, 0.5) is 5.82 Å². The van der Waals surface area contributed by atoms with Crippen LogP contribution in [0.5, 0.6) is 0 Å². The topological polar surface area (TPSA) is 106 Å². The Labute approximate surface area is 136 Å². The normalized spacial score (nSPS) is 14.3. The standard InChI is InChI=1S/C18H16N2O4/c19-16-13(18(22)23)8-12-15(21)11-7-10(4-3-9-1-2-9)5-6-14(11)24-17(12)20-16/h5-9H,1-4H2,(H2,19,20)(H,22,23). The maximum Gasteiger partial charge on any atom is 0.339 e. The van der Waals surface area contributed by atoms with Crippen molar-refractivity contribution >= 4 is 33.9 Å². The molecule has 6 nitrogen and oxygen atoms in total. The zero-order chi connectivity index (χ0) is 16.8. The van der Waals surface area contributed by atoms with Gasteiger partial charge >= 0.3 is 5.97 Å². The number of fused-ring (bicyclic) bond motifs is 2. The van der Waals surface area contributed by atoms with Crippen LogP contribution in [0.15, 0.2) is 33.5 Å². The highest BCUT2D eigenvalue weighted by Crippen LogP contribution is 2.33.